The van der Waals surface area contributed by atoms with Gasteiger partial charge in [-0.3, -0.25) is 4.72 Å². The fourth-order valence-electron chi connectivity index (χ4n) is 3.53. The molecule has 2 aromatic carbocycles. The molecule has 0 aromatic heterocycles. The highest BCUT2D eigenvalue weighted by molar-refractivity contribution is 7.97. The molecule has 0 aliphatic rings. The molecule has 3 heteroatoms. The predicted molar refractivity (Wildman–Crippen MR) is 130 cm³/mol. The van der Waals surface area contributed by atoms with Crippen molar-refractivity contribution >= 4 is 11.9 Å². The Kier molecular flexibility index (Phi) is 10.8. The van der Waals surface area contributed by atoms with Crippen molar-refractivity contribution in [3.05, 3.63) is 70.8 Å². The fraction of sp³-hybridized carbons (Fsp3) is 0.538. The lowest BCUT2D eigenvalue weighted by Gasteiger charge is -2.16. The van der Waals surface area contributed by atoms with Crippen LogP contribution in [0.5, 0.6) is 0 Å². The number of hydrogen-bond acceptors (Lipinski definition) is 3. The quantitative estimate of drug-likeness (QED) is 0.294. The smallest absolute Gasteiger partial charge is 0.0310 e. The number of nitrogens with one attached hydrogen (secondary N) is 2. The third-order valence-corrected chi connectivity index (χ3v) is 5.90. The van der Waals surface area contributed by atoms with Crippen LogP contribution in [0, 0.1) is 11.8 Å². The van der Waals surface area contributed by atoms with Gasteiger partial charge in [0, 0.05) is 24.9 Å². The molecule has 0 saturated carbocycles. The van der Waals surface area contributed by atoms with E-state index in [2.05, 4.69) is 93.2 Å². The summed E-state index contributed by atoms with van der Waals surface area (Å²) in [6.07, 6.45) is 3.55. The van der Waals surface area contributed by atoms with E-state index in [0.717, 1.165) is 31.7 Å². The third kappa shape index (κ3) is 9.84. The van der Waals surface area contributed by atoms with E-state index in [1.54, 1.807) is 0 Å². The maximum atomic E-state index is 3.55. The molecule has 0 fully saturated rings. The van der Waals surface area contributed by atoms with Gasteiger partial charge in [0.1, 0.15) is 0 Å². The standard InChI is InChI=1S/C26H40N2S/c1-20(2)15-23-9-8-10-24(17-23)18-28-29-14-13-22(5)16-25-11-6-7-12-26(25)19-27-21(3)4/h6-12,17,20-22,27-28H,13-16,18-19H2,1-5H3. The second kappa shape index (κ2) is 13.1. The molecular formula is C26H40N2S. The van der Waals surface area contributed by atoms with Crippen LogP contribution in [-0.2, 0) is 25.9 Å². The Hall–Kier alpha value is -1.29. The van der Waals surface area contributed by atoms with Crippen LogP contribution in [0.1, 0.15) is 63.3 Å². The van der Waals surface area contributed by atoms with E-state index in [4.69, 9.17) is 0 Å². The number of hydrogen-bond donors (Lipinski definition) is 2. The highest BCUT2D eigenvalue weighted by atomic mass is 32.2. The molecule has 0 heterocycles. The zero-order valence-electron chi connectivity index (χ0n) is 19.0. The van der Waals surface area contributed by atoms with Crippen molar-refractivity contribution < 1.29 is 0 Å². The predicted octanol–water partition coefficient (Wildman–Crippen LogP) is 6.39. The summed E-state index contributed by atoms with van der Waals surface area (Å²) in [7, 11) is 0. The van der Waals surface area contributed by atoms with Crippen LogP contribution in [-0.4, -0.2) is 11.8 Å². The second-order valence-electron chi connectivity index (χ2n) is 8.99. The minimum atomic E-state index is 0.522. The van der Waals surface area contributed by atoms with Crippen molar-refractivity contribution in [2.75, 3.05) is 5.75 Å². The topological polar surface area (TPSA) is 24.1 Å². The largest absolute Gasteiger partial charge is 0.310 e. The molecule has 0 bridgehead atoms. The van der Waals surface area contributed by atoms with E-state index >= 15 is 0 Å². The summed E-state index contributed by atoms with van der Waals surface area (Å²) in [6.45, 7) is 13.2. The van der Waals surface area contributed by atoms with Crippen LogP contribution in [0.2, 0.25) is 0 Å². The van der Waals surface area contributed by atoms with Crippen molar-refractivity contribution in [2.45, 2.75) is 73.0 Å². The van der Waals surface area contributed by atoms with Crippen LogP contribution >= 0.6 is 11.9 Å². The lowest BCUT2D eigenvalue weighted by Crippen LogP contribution is -2.22. The second-order valence-corrected chi connectivity index (χ2v) is 9.98. The van der Waals surface area contributed by atoms with E-state index in [1.807, 2.05) is 11.9 Å². The summed E-state index contributed by atoms with van der Waals surface area (Å²) in [5.41, 5.74) is 5.77. The van der Waals surface area contributed by atoms with Crippen molar-refractivity contribution in [1.82, 2.24) is 10.0 Å². The van der Waals surface area contributed by atoms with Gasteiger partial charge in [-0.15, -0.1) is 0 Å². The van der Waals surface area contributed by atoms with E-state index in [0.29, 0.717) is 17.9 Å². The summed E-state index contributed by atoms with van der Waals surface area (Å²) < 4.78 is 3.55. The van der Waals surface area contributed by atoms with Crippen molar-refractivity contribution in [3.8, 4) is 0 Å². The van der Waals surface area contributed by atoms with Crippen LogP contribution < -0.4 is 10.0 Å². The molecule has 0 aliphatic carbocycles. The molecule has 160 valence electrons. The van der Waals surface area contributed by atoms with Crippen LogP contribution in [0.25, 0.3) is 0 Å². The van der Waals surface area contributed by atoms with Gasteiger partial charge in [0.15, 0.2) is 0 Å². The maximum Gasteiger partial charge on any atom is 0.0310 e. The molecule has 0 radical (unpaired) electrons. The first-order valence-electron chi connectivity index (χ1n) is 11.2. The first kappa shape index (κ1) is 24.0. The Morgan fingerprint density at radius 2 is 1.52 bits per heavy atom. The van der Waals surface area contributed by atoms with E-state index in [9.17, 15) is 0 Å². The fourth-order valence-corrected chi connectivity index (χ4v) is 4.46. The Bertz CT molecular complexity index is 711. The summed E-state index contributed by atoms with van der Waals surface area (Å²) in [5, 5.41) is 3.55. The Morgan fingerprint density at radius 1 is 0.793 bits per heavy atom. The molecule has 1 atom stereocenters. The molecule has 0 aliphatic heterocycles. The number of benzene rings is 2. The maximum absolute atomic E-state index is 3.55. The summed E-state index contributed by atoms with van der Waals surface area (Å²) in [4.78, 5) is 0. The van der Waals surface area contributed by atoms with Crippen molar-refractivity contribution in [1.29, 1.82) is 0 Å². The van der Waals surface area contributed by atoms with Gasteiger partial charge in [0.05, 0.1) is 0 Å². The van der Waals surface area contributed by atoms with Gasteiger partial charge in [0.2, 0.25) is 0 Å². The van der Waals surface area contributed by atoms with Crippen LogP contribution in [0.3, 0.4) is 0 Å². The summed E-state index contributed by atoms with van der Waals surface area (Å²) in [5.74, 6) is 2.55. The molecule has 29 heavy (non-hydrogen) atoms. The minimum absolute atomic E-state index is 0.522. The molecule has 0 saturated heterocycles. The number of rotatable bonds is 13. The average molecular weight is 413 g/mol. The monoisotopic (exact) mass is 412 g/mol. The zero-order chi connectivity index (χ0) is 21.1. The first-order valence-corrected chi connectivity index (χ1v) is 12.1. The summed E-state index contributed by atoms with van der Waals surface area (Å²) in [6, 6.07) is 18.4. The molecule has 2 N–H and O–H groups in total. The van der Waals surface area contributed by atoms with Crippen molar-refractivity contribution in [2.24, 2.45) is 11.8 Å². The molecular weight excluding hydrogens is 372 g/mol. The normalized spacial score (nSPS) is 12.7. The van der Waals surface area contributed by atoms with Crippen LogP contribution in [0.4, 0.5) is 0 Å². The molecule has 0 amide bonds. The van der Waals surface area contributed by atoms with E-state index in [-0.39, 0.29) is 0 Å². The summed E-state index contributed by atoms with van der Waals surface area (Å²) >= 11 is 1.86. The van der Waals surface area contributed by atoms with Gasteiger partial charge in [-0.2, -0.15) is 0 Å². The third-order valence-electron chi connectivity index (χ3n) is 5.11. The zero-order valence-corrected chi connectivity index (χ0v) is 19.8. The van der Waals surface area contributed by atoms with Gasteiger partial charge in [0.25, 0.3) is 0 Å². The van der Waals surface area contributed by atoms with Crippen molar-refractivity contribution in [3.63, 3.8) is 0 Å². The first-order chi connectivity index (χ1) is 13.9. The molecule has 1 unspecified atom stereocenters. The Labute approximate surface area is 183 Å². The minimum Gasteiger partial charge on any atom is -0.310 e. The van der Waals surface area contributed by atoms with Gasteiger partial charge in [-0.1, -0.05) is 95.1 Å². The van der Waals surface area contributed by atoms with Gasteiger partial charge < -0.3 is 5.32 Å². The van der Waals surface area contributed by atoms with Gasteiger partial charge >= 0.3 is 0 Å². The van der Waals surface area contributed by atoms with E-state index < -0.39 is 0 Å². The van der Waals surface area contributed by atoms with E-state index in [1.165, 1.54) is 28.7 Å². The van der Waals surface area contributed by atoms with Gasteiger partial charge in [-0.25, -0.2) is 0 Å². The highest BCUT2D eigenvalue weighted by Crippen LogP contribution is 2.18. The van der Waals surface area contributed by atoms with Crippen LogP contribution in [0.15, 0.2) is 48.5 Å². The SMILES string of the molecule is CC(C)Cc1cccc(CNSCCC(C)Cc2ccccc2CNC(C)C)c1. The molecule has 0 spiro atoms. The lowest BCUT2D eigenvalue weighted by molar-refractivity contribution is 0.551. The Balaban J connectivity index is 1.69. The average Bonchev–Trinajstić information content (AvgIpc) is 2.67. The molecule has 2 nitrogen and oxygen atoms in total. The lowest BCUT2D eigenvalue weighted by atomic mass is 9.95. The molecule has 2 aromatic rings. The van der Waals surface area contributed by atoms with Gasteiger partial charge in [-0.05, 0) is 53.4 Å². The Morgan fingerprint density at radius 3 is 2.24 bits per heavy atom. The molecule has 2 rings (SSSR count). The highest BCUT2D eigenvalue weighted by Gasteiger charge is 2.08.